The van der Waals surface area contributed by atoms with E-state index in [0.29, 0.717) is 12.1 Å². The first-order valence-electron chi connectivity index (χ1n) is 8.48. The van der Waals surface area contributed by atoms with Gasteiger partial charge in [-0.15, -0.1) is 0 Å². The molecule has 1 aliphatic rings. The lowest BCUT2D eigenvalue weighted by molar-refractivity contribution is -0.0410. The number of imidazole rings is 1. The molecule has 9 heteroatoms. The van der Waals surface area contributed by atoms with Crippen LogP contribution in [0.3, 0.4) is 0 Å². The van der Waals surface area contributed by atoms with Gasteiger partial charge in [-0.1, -0.05) is 20.8 Å². The summed E-state index contributed by atoms with van der Waals surface area (Å²) in [6, 6.07) is 0. The molecule has 0 aliphatic carbocycles. The molecule has 0 bridgehead atoms. The largest absolute Gasteiger partial charge is 0.411 e. The second-order valence-electron chi connectivity index (χ2n) is 8.02. The Kier molecular flexibility index (Phi) is 4.61. The molecule has 8 nitrogen and oxygen atoms in total. The number of aromatic amines is 1. The molecular formula is C16H26N4O4Si. The molecule has 1 unspecified atom stereocenters. The zero-order chi connectivity index (χ0) is 18.4. The Bertz CT molecular complexity index is 810. The molecule has 2 aromatic heterocycles. The van der Waals surface area contributed by atoms with Crippen LogP contribution in [-0.2, 0) is 9.16 Å². The van der Waals surface area contributed by atoms with E-state index in [0.717, 1.165) is 0 Å². The number of aromatic nitrogens is 4. The van der Waals surface area contributed by atoms with Crippen molar-refractivity contribution in [3.05, 3.63) is 23.0 Å². The second-order valence-corrected chi connectivity index (χ2v) is 12.8. The lowest BCUT2D eigenvalue weighted by Crippen LogP contribution is -2.46. The lowest BCUT2D eigenvalue weighted by atomic mass is 10.2. The Balaban J connectivity index is 1.86. The summed E-state index contributed by atoms with van der Waals surface area (Å²) in [4.78, 5) is 22.7. The van der Waals surface area contributed by atoms with Crippen LogP contribution in [-0.4, -0.2) is 51.8 Å². The van der Waals surface area contributed by atoms with E-state index in [-0.39, 0.29) is 35.1 Å². The molecule has 0 amide bonds. The van der Waals surface area contributed by atoms with Gasteiger partial charge in [0.25, 0.3) is 5.56 Å². The number of aliphatic hydroxyl groups excluding tert-OH is 1. The van der Waals surface area contributed by atoms with Crippen molar-refractivity contribution in [3.63, 3.8) is 0 Å². The average Bonchev–Trinajstić information content (AvgIpc) is 3.10. The van der Waals surface area contributed by atoms with Crippen molar-refractivity contribution in [1.82, 2.24) is 19.5 Å². The van der Waals surface area contributed by atoms with Crippen LogP contribution in [0.5, 0.6) is 0 Å². The highest BCUT2D eigenvalue weighted by Gasteiger charge is 2.45. The van der Waals surface area contributed by atoms with Gasteiger partial charge in [-0.25, -0.2) is 9.97 Å². The van der Waals surface area contributed by atoms with Gasteiger partial charge in [-0.05, 0) is 18.1 Å². The van der Waals surface area contributed by atoms with Crippen LogP contribution in [0.1, 0.15) is 33.4 Å². The number of nitrogens with zero attached hydrogens (tertiary/aromatic N) is 3. The van der Waals surface area contributed by atoms with Crippen LogP contribution in [0.4, 0.5) is 0 Å². The van der Waals surface area contributed by atoms with E-state index < -0.39 is 14.4 Å². The van der Waals surface area contributed by atoms with Crippen LogP contribution in [0.2, 0.25) is 18.1 Å². The van der Waals surface area contributed by atoms with Crippen molar-refractivity contribution in [1.29, 1.82) is 0 Å². The number of hydrogen-bond acceptors (Lipinski definition) is 6. The number of rotatable bonds is 4. The minimum atomic E-state index is -1.99. The first-order chi connectivity index (χ1) is 11.6. The molecular weight excluding hydrogens is 340 g/mol. The fourth-order valence-electron chi connectivity index (χ4n) is 2.79. The van der Waals surface area contributed by atoms with E-state index in [4.69, 9.17) is 9.16 Å². The highest BCUT2D eigenvalue weighted by molar-refractivity contribution is 6.74. The van der Waals surface area contributed by atoms with Crippen molar-refractivity contribution in [2.75, 3.05) is 6.61 Å². The molecule has 138 valence electrons. The maximum atomic E-state index is 11.8. The number of fused-ring (bicyclic) bond motifs is 1. The van der Waals surface area contributed by atoms with Gasteiger partial charge in [0.15, 0.2) is 19.5 Å². The third kappa shape index (κ3) is 3.29. The van der Waals surface area contributed by atoms with E-state index in [9.17, 15) is 9.90 Å². The number of aliphatic hydroxyl groups is 1. The van der Waals surface area contributed by atoms with Crippen LogP contribution >= 0.6 is 0 Å². The van der Waals surface area contributed by atoms with Gasteiger partial charge in [0.05, 0.1) is 25.4 Å². The summed E-state index contributed by atoms with van der Waals surface area (Å²) < 4.78 is 14.2. The Labute approximate surface area is 147 Å². The fraction of sp³-hybridized carbons (Fsp3) is 0.688. The minimum absolute atomic E-state index is 0.0711. The number of nitrogens with one attached hydrogen (secondary N) is 1. The van der Waals surface area contributed by atoms with Gasteiger partial charge >= 0.3 is 0 Å². The Morgan fingerprint density at radius 2 is 2.16 bits per heavy atom. The summed E-state index contributed by atoms with van der Waals surface area (Å²) in [5, 5.41) is 9.79. The highest BCUT2D eigenvalue weighted by Crippen LogP contribution is 2.41. The Hall–Kier alpha value is -1.55. The van der Waals surface area contributed by atoms with Gasteiger partial charge in [-0.3, -0.25) is 9.36 Å². The molecule has 0 aromatic carbocycles. The van der Waals surface area contributed by atoms with Crippen LogP contribution in [0.15, 0.2) is 17.4 Å². The zero-order valence-electron chi connectivity index (χ0n) is 15.3. The smallest absolute Gasteiger partial charge is 0.278 e. The molecule has 2 N–H and O–H groups in total. The molecule has 1 aliphatic heterocycles. The normalized spacial score (nSPS) is 25.0. The summed E-state index contributed by atoms with van der Waals surface area (Å²) in [5.41, 5.74) is 0.466. The lowest BCUT2D eigenvalue weighted by Gasteiger charge is -2.39. The van der Waals surface area contributed by atoms with E-state index in [1.165, 1.54) is 6.33 Å². The maximum absolute atomic E-state index is 11.8. The van der Waals surface area contributed by atoms with Crippen LogP contribution in [0, 0.1) is 0 Å². The third-order valence-electron chi connectivity index (χ3n) is 5.29. The summed E-state index contributed by atoms with van der Waals surface area (Å²) >= 11 is 0. The SMILES string of the molecule is CC(C)(C)[Si](C)(C)OC1C[C@H](n2cnc3c(=O)[nH]cnc32)O[C@@H]1CO. The first kappa shape index (κ1) is 18.2. The van der Waals surface area contributed by atoms with Gasteiger partial charge in [0.2, 0.25) is 0 Å². The molecule has 3 rings (SSSR count). The molecule has 2 aromatic rings. The first-order valence-corrected chi connectivity index (χ1v) is 11.4. The number of H-pyrrole nitrogens is 1. The predicted octanol–water partition coefficient (Wildman–Crippen LogP) is 1.79. The Morgan fingerprint density at radius 3 is 2.80 bits per heavy atom. The summed E-state index contributed by atoms with van der Waals surface area (Å²) in [6.07, 6.45) is 2.52. The number of ether oxygens (including phenoxy) is 1. The molecule has 25 heavy (non-hydrogen) atoms. The number of hydrogen-bond donors (Lipinski definition) is 2. The van der Waals surface area contributed by atoms with Crippen LogP contribution in [0.25, 0.3) is 11.2 Å². The standard InChI is InChI=1S/C16H26N4O4Si/c1-16(2,3)25(4,5)24-10-6-12(23-11(10)7-21)20-9-19-13-14(20)17-8-18-15(13)22/h8-12,21H,6-7H2,1-5H3,(H,17,18,22)/t10?,11-,12-/m1/s1. The minimum Gasteiger partial charge on any atom is -0.411 e. The fourth-order valence-corrected chi connectivity index (χ4v) is 4.15. The van der Waals surface area contributed by atoms with Gasteiger partial charge in [0, 0.05) is 6.42 Å². The molecule has 0 spiro atoms. The molecule has 3 heterocycles. The van der Waals surface area contributed by atoms with E-state index >= 15 is 0 Å². The predicted molar refractivity (Wildman–Crippen MR) is 95.8 cm³/mol. The summed E-state index contributed by atoms with van der Waals surface area (Å²) in [7, 11) is -1.99. The quantitative estimate of drug-likeness (QED) is 0.800. The van der Waals surface area contributed by atoms with Crippen molar-refractivity contribution >= 4 is 19.5 Å². The molecule has 1 saturated heterocycles. The van der Waals surface area contributed by atoms with Gasteiger partial charge in [-0.2, -0.15) is 0 Å². The summed E-state index contributed by atoms with van der Waals surface area (Å²) in [6.45, 7) is 10.8. The Morgan fingerprint density at radius 1 is 1.44 bits per heavy atom. The topological polar surface area (TPSA) is 102 Å². The molecule has 0 radical (unpaired) electrons. The van der Waals surface area contributed by atoms with E-state index in [2.05, 4.69) is 48.8 Å². The monoisotopic (exact) mass is 366 g/mol. The highest BCUT2D eigenvalue weighted by atomic mass is 28.4. The van der Waals surface area contributed by atoms with Crippen molar-refractivity contribution in [2.24, 2.45) is 0 Å². The third-order valence-corrected chi connectivity index (χ3v) is 9.79. The summed E-state index contributed by atoms with van der Waals surface area (Å²) in [5.74, 6) is 0. The van der Waals surface area contributed by atoms with Crippen molar-refractivity contribution < 1.29 is 14.3 Å². The second kappa shape index (κ2) is 6.31. The zero-order valence-corrected chi connectivity index (χ0v) is 16.3. The van der Waals surface area contributed by atoms with Gasteiger partial charge < -0.3 is 19.3 Å². The van der Waals surface area contributed by atoms with Crippen molar-refractivity contribution in [2.45, 2.75) is 63.8 Å². The molecule has 1 fully saturated rings. The maximum Gasteiger partial charge on any atom is 0.278 e. The van der Waals surface area contributed by atoms with E-state index in [1.807, 2.05) is 0 Å². The molecule has 3 atom stereocenters. The van der Waals surface area contributed by atoms with E-state index in [1.54, 1.807) is 10.9 Å². The van der Waals surface area contributed by atoms with Crippen molar-refractivity contribution in [3.8, 4) is 0 Å². The van der Waals surface area contributed by atoms with Gasteiger partial charge in [0.1, 0.15) is 12.3 Å². The molecule has 0 saturated carbocycles. The average molecular weight is 366 g/mol. The van der Waals surface area contributed by atoms with Crippen LogP contribution < -0.4 is 5.56 Å².